The van der Waals surface area contributed by atoms with Crippen LogP contribution in [-0.2, 0) is 11.3 Å². The SMILES string of the molecule is CCOC(=O)Oc1ccc(C(=O)NCc2cccc(NC(=O)c3ccc4c(c3)C(=O)N(CC(C)C)C4=O)c2)cc1. The van der Waals surface area contributed by atoms with Crippen LogP contribution in [0.2, 0.25) is 0 Å². The predicted octanol–water partition coefficient (Wildman–Crippen LogP) is 4.66. The van der Waals surface area contributed by atoms with Gasteiger partial charge in [-0.05, 0) is 73.0 Å². The third-order valence-corrected chi connectivity index (χ3v) is 6.00. The Hall–Kier alpha value is -4.99. The Balaban J connectivity index is 1.36. The molecular weight excluding hydrogens is 514 g/mol. The number of anilines is 1. The second kappa shape index (κ2) is 12.2. The van der Waals surface area contributed by atoms with Gasteiger partial charge in [-0.2, -0.15) is 0 Å². The molecule has 0 bridgehead atoms. The monoisotopic (exact) mass is 543 g/mol. The molecule has 0 saturated heterocycles. The molecule has 1 aliphatic heterocycles. The van der Waals surface area contributed by atoms with Crippen molar-refractivity contribution >= 4 is 35.5 Å². The van der Waals surface area contributed by atoms with Gasteiger partial charge in [-0.25, -0.2) is 4.79 Å². The highest BCUT2D eigenvalue weighted by Crippen LogP contribution is 2.25. The first kappa shape index (κ1) is 28.0. The van der Waals surface area contributed by atoms with E-state index in [4.69, 9.17) is 9.47 Å². The van der Waals surface area contributed by atoms with Gasteiger partial charge in [0.2, 0.25) is 0 Å². The molecule has 0 radical (unpaired) electrons. The molecule has 2 N–H and O–H groups in total. The molecule has 0 atom stereocenters. The Morgan fingerprint density at radius 3 is 2.25 bits per heavy atom. The van der Waals surface area contributed by atoms with Crippen LogP contribution in [0.5, 0.6) is 5.75 Å². The minimum absolute atomic E-state index is 0.125. The van der Waals surface area contributed by atoms with Crippen LogP contribution >= 0.6 is 0 Å². The smallest absolute Gasteiger partial charge is 0.434 e. The van der Waals surface area contributed by atoms with E-state index in [2.05, 4.69) is 10.6 Å². The molecule has 0 fully saturated rings. The molecule has 0 saturated carbocycles. The van der Waals surface area contributed by atoms with E-state index < -0.39 is 18.0 Å². The first-order valence-electron chi connectivity index (χ1n) is 12.8. The number of carbonyl (C=O) groups excluding carboxylic acids is 5. The van der Waals surface area contributed by atoms with Crippen molar-refractivity contribution in [3.8, 4) is 5.75 Å². The lowest BCUT2D eigenvalue weighted by atomic mass is 10.1. The number of amides is 4. The molecule has 206 valence electrons. The van der Waals surface area contributed by atoms with Crippen molar-refractivity contribution in [1.82, 2.24) is 10.2 Å². The summed E-state index contributed by atoms with van der Waals surface area (Å²) in [6.07, 6.45) is -0.820. The van der Waals surface area contributed by atoms with Crippen LogP contribution in [0.4, 0.5) is 10.5 Å². The van der Waals surface area contributed by atoms with Crippen molar-refractivity contribution in [1.29, 1.82) is 0 Å². The molecule has 10 heteroatoms. The van der Waals surface area contributed by atoms with Gasteiger partial charge in [-0.3, -0.25) is 24.1 Å². The molecule has 0 aromatic heterocycles. The van der Waals surface area contributed by atoms with Crippen molar-refractivity contribution in [2.45, 2.75) is 27.3 Å². The quantitative estimate of drug-likeness (QED) is 0.228. The largest absolute Gasteiger partial charge is 0.513 e. The number of imide groups is 1. The van der Waals surface area contributed by atoms with Crippen LogP contribution in [0.15, 0.2) is 66.7 Å². The molecule has 10 nitrogen and oxygen atoms in total. The number of carbonyl (C=O) groups is 5. The van der Waals surface area contributed by atoms with Crippen molar-refractivity contribution in [2.24, 2.45) is 5.92 Å². The first-order chi connectivity index (χ1) is 19.2. The second-order valence-electron chi connectivity index (χ2n) is 9.52. The highest BCUT2D eigenvalue weighted by Gasteiger charge is 2.36. The summed E-state index contributed by atoms with van der Waals surface area (Å²) in [6, 6.07) is 17.5. The average molecular weight is 544 g/mol. The molecule has 0 unspecified atom stereocenters. The second-order valence-corrected chi connectivity index (χ2v) is 9.52. The third-order valence-electron chi connectivity index (χ3n) is 6.00. The zero-order chi connectivity index (χ0) is 28.8. The standard InChI is InChI=1S/C30H29N3O7/c1-4-39-30(38)40-23-11-8-20(9-12-23)26(34)31-16-19-6-5-7-22(14-19)32-27(35)21-10-13-24-25(15-21)29(37)33(28(24)36)17-18(2)3/h5-15,18H,4,16-17H2,1-3H3,(H,31,34)(H,32,35). The molecule has 0 spiro atoms. The molecular formula is C30H29N3O7. The highest BCUT2D eigenvalue weighted by molar-refractivity contribution is 6.22. The van der Waals surface area contributed by atoms with Gasteiger partial charge >= 0.3 is 6.16 Å². The molecule has 4 amide bonds. The normalized spacial score (nSPS) is 12.2. The van der Waals surface area contributed by atoms with Crippen molar-refractivity contribution < 1.29 is 33.4 Å². The summed E-state index contributed by atoms with van der Waals surface area (Å²) < 4.78 is 9.70. The van der Waals surface area contributed by atoms with Crippen molar-refractivity contribution in [2.75, 3.05) is 18.5 Å². The fraction of sp³-hybridized carbons (Fsp3) is 0.233. The molecule has 3 aromatic rings. The van der Waals surface area contributed by atoms with Gasteiger partial charge in [0.15, 0.2) is 0 Å². The molecule has 3 aromatic carbocycles. The Labute approximate surface area is 231 Å². The number of fused-ring (bicyclic) bond motifs is 1. The third kappa shape index (κ3) is 6.52. The van der Waals surface area contributed by atoms with E-state index in [0.29, 0.717) is 23.4 Å². The zero-order valence-electron chi connectivity index (χ0n) is 22.4. The summed E-state index contributed by atoms with van der Waals surface area (Å²) in [4.78, 5) is 63.4. The van der Waals surface area contributed by atoms with E-state index in [1.54, 1.807) is 31.2 Å². The molecule has 1 heterocycles. The van der Waals surface area contributed by atoms with Gasteiger partial charge in [-0.1, -0.05) is 26.0 Å². The average Bonchev–Trinajstić information content (AvgIpc) is 3.16. The number of rotatable bonds is 9. The maximum absolute atomic E-state index is 12.9. The molecule has 0 aliphatic carbocycles. The van der Waals surface area contributed by atoms with Crippen molar-refractivity contribution in [3.05, 3.63) is 94.5 Å². The summed E-state index contributed by atoms with van der Waals surface area (Å²) >= 11 is 0. The fourth-order valence-electron chi connectivity index (χ4n) is 4.13. The minimum Gasteiger partial charge on any atom is -0.434 e. The van der Waals surface area contributed by atoms with E-state index in [1.165, 1.54) is 47.4 Å². The van der Waals surface area contributed by atoms with Gasteiger partial charge in [-0.15, -0.1) is 0 Å². The summed E-state index contributed by atoms with van der Waals surface area (Å²) in [7, 11) is 0. The molecule has 4 rings (SSSR count). The van der Waals surface area contributed by atoms with Gasteiger partial charge in [0.25, 0.3) is 23.6 Å². The molecule has 1 aliphatic rings. The van der Waals surface area contributed by atoms with Crippen LogP contribution < -0.4 is 15.4 Å². The zero-order valence-corrected chi connectivity index (χ0v) is 22.4. The van der Waals surface area contributed by atoms with Crippen LogP contribution in [-0.4, -0.2) is 47.8 Å². The number of ether oxygens (including phenoxy) is 2. The van der Waals surface area contributed by atoms with Crippen LogP contribution in [0.1, 0.15) is 67.8 Å². The Morgan fingerprint density at radius 2 is 1.55 bits per heavy atom. The Kier molecular flexibility index (Phi) is 8.58. The maximum Gasteiger partial charge on any atom is 0.513 e. The number of benzene rings is 3. The Morgan fingerprint density at radius 1 is 0.850 bits per heavy atom. The minimum atomic E-state index is -0.820. The fourth-order valence-corrected chi connectivity index (χ4v) is 4.13. The van der Waals surface area contributed by atoms with E-state index in [-0.39, 0.29) is 47.8 Å². The molecule has 40 heavy (non-hydrogen) atoms. The van der Waals surface area contributed by atoms with Crippen LogP contribution in [0, 0.1) is 5.92 Å². The van der Waals surface area contributed by atoms with Crippen molar-refractivity contribution in [3.63, 3.8) is 0 Å². The highest BCUT2D eigenvalue weighted by atomic mass is 16.7. The van der Waals surface area contributed by atoms with Crippen LogP contribution in [0.25, 0.3) is 0 Å². The summed E-state index contributed by atoms with van der Waals surface area (Å²) in [5, 5.41) is 5.60. The van der Waals surface area contributed by atoms with E-state index in [1.807, 2.05) is 13.8 Å². The topological polar surface area (TPSA) is 131 Å². The van der Waals surface area contributed by atoms with Gasteiger partial charge in [0, 0.05) is 29.9 Å². The summed E-state index contributed by atoms with van der Waals surface area (Å²) in [5.41, 5.74) is 2.38. The summed E-state index contributed by atoms with van der Waals surface area (Å²) in [5.74, 6) is -1.14. The van der Waals surface area contributed by atoms with E-state index in [9.17, 15) is 24.0 Å². The lowest BCUT2D eigenvalue weighted by Crippen LogP contribution is -2.33. The van der Waals surface area contributed by atoms with Gasteiger partial charge in [0.1, 0.15) is 5.75 Å². The Bertz CT molecular complexity index is 1460. The lowest BCUT2D eigenvalue weighted by Gasteiger charge is -2.15. The van der Waals surface area contributed by atoms with E-state index in [0.717, 1.165) is 5.56 Å². The number of hydrogen-bond acceptors (Lipinski definition) is 7. The summed E-state index contributed by atoms with van der Waals surface area (Å²) in [6.45, 7) is 6.21. The van der Waals surface area contributed by atoms with E-state index >= 15 is 0 Å². The lowest BCUT2D eigenvalue weighted by molar-refractivity contribution is 0.0635. The van der Waals surface area contributed by atoms with Gasteiger partial charge in [0.05, 0.1) is 17.7 Å². The van der Waals surface area contributed by atoms with Gasteiger partial charge < -0.3 is 20.1 Å². The predicted molar refractivity (Wildman–Crippen MR) is 146 cm³/mol. The van der Waals surface area contributed by atoms with Crippen LogP contribution in [0.3, 0.4) is 0 Å². The number of nitrogens with one attached hydrogen (secondary N) is 2. The first-order valence-corrected chi connectivity index (χ1v) is 12.8. The number of nitrogens with zero attached hydrogens (tertiary/aromatic N) is 1. The number of hydrogen-bond donors (Lipinski definition) is 2. The maximum atomic E-state index is 12.9.